The van der Waals surface area contributed by atoms with Crippen molar-refractivity contribution in [2.45, 2.75) is 57.2 Å². The van der Waals surface area contributed by atoms with E-state index in [0.717, 1.165) is 19.1 Å². The van der Waals surface area contributed by atoms with Crippen molar-refractivity contribution in [1.82, 2.24) is 10.2 Å². The van der Waals surface area contributed by atoms with E-state index in [9.17, 15) is 4.79 Å². The van der Waals surface area contributed by atoms with E-state index in [0.29, 0.717) is 31.0 Å². The molecule has 4 heteroatoms. The smallest absolute Gasteiger partial charge is 0.224 e. The van der Waals surface area contributed by atoms with E-state index >= 15 is 0 Å². The zero-order valence-electron chi connectivity index (χ0n) is 11.2. The largest absolute Gasteiger partial charge is 0.378 e. The molecule has 1 saturated heterocycles. The summed E-state index contributed by atoms with van der Waals surface area (Å²) in [5.74, 6) is 1.10. The number of nitrogens with one attached hydrogen (secondary N) is 1. The number of hydrogen-bond donors (Lipinski definition) is 1. The Hall–Kier alpha value is -0.610. The number of rotatable bonds is 5. The molecule has 1 aliphatic heterocycles. The lowest BCUT2D eigenvalue weighted by molar-refractivity contribution is -0.135. The monoisotopic (exact) mass is 252 g/mol. The van der Waals surface area contributed by atoms with Gasteiger partial charge in [-0.1, -0.05) is 0 Å². The second-order valence-corrected chi connectivity index (χ2v) is 6.04. The van der Waals surface area contributed by atoms with Crippen molar-refractivity contribution in [3.63, 3.8) is 0 Å². The van der Waals surface area contributed by atoms with Crippen molar-refractivity contribution in [3.8, 4) is 0 Å². The summed E-state index contributed by atoms with van der Waals surface area (Å²) in [6.07, 6.45) is 5.63. The van der Waals surface area contributed by atoms with Crippen molar-refractivity contribution >= 4 is 5.91 Å². The highest BCUT2D eigenvalue weighted by Crippen LogP contribution is 2.40. The maximum atomic E-state index is 12.5. The Morgan fingerprint density at radius 2 is 2.17 bits per heavy atom. The van der Waals surface area contributed by atoms with Gasteiger partial charge in [0.15, 0.2) is 0 Å². The van der Waals surface area contributed by atoms with E-state index in [4.69, 9.17) is 4.74 Å². The highest BCUT2D eigenvalue weighted by atomic mass is 16.5. The van der Waals surface area contributed by atoms with Crippen LogP contribution < -0.4 is 5.32 Å². The second kappa shape index (κ2) is 5.17. The average molecular weight is 252 g/mol. The molecule has 102 valence electrons. The Labute approximate surface area is 109 Å². The minimum Gasteiger partial charge on any atom is -0.378 e. The van der Waals surface area contributed by atoms with Crippen molar-refractivity contribution in [2.75, 3.05) is 19.8 Å². The van der Waals surface area contributed by atoms with Crippen molar-refractivity contribution in [3.05, 3.63) is 0 Å². The molecule has 18 heavy (non-hydrogen) atoms. The molecule has 3 fully saturated rings. The molecule has 0 spiro atoms. The van der Waals surface area contributed by atoms with Gasteiger partial charge in [-0.25, -0.2) is 0 Å². The molecule has 0 bridgehead atoms. The van der Waals surface area contributed by atoms with E-state index in [1.165, 1.54) is 25.7 Å². The van der Waals surface area contributed by atoms with Gasteiger partial charge in [-0.3, -0.25) is 4.79 Å². The first-order chi connectivity index (χ1) is 8.75. The fourth-order valence-corrected chi connectivity index (χ4v) is 2.99. The van der Waals surface area contributed by atoms with Gasteiger partial charge in [-0.15, -0.1) is 0 Å². The van der Waals surface area contributed by atoms with Gasteiger partial charge in [0, 0.05) is 31.1 Å². The Bertz CT molecular complexity index is 307. The summed E-state index contributed by atoms with van der Waals surface area (Å²) in [7, 11) is 0. The van der Waals surface area contributed by atoms with E-state index in [1.807, 2.05) is 0 Å². The number of carbonyl (C=O) groups excluding carboxylic acids is 1. The topological polar surface area (TPSA) is 41.6 Å². The Balaban J connectivity index is 1.57. The van der Waals surface area contributed by atoms with Gasteiger partial charge in [0.05, 0.1) is 13.2 Å². The fraction of sp³-hybridized carbons (Fsp3) is 0.929. The third kappa shape index (κ3) is 2.86. The van der Waals surface area contributed by atoms with Gasteiger partial charge >= 0.3 is 0 Å². The molecule has 0 aromatic carbocycles. The molecule has 1 heterocycles. The summed E-state index contributed by atoms with van der Waals surface area (Å²) < 4.78 is 5.43. The molecule has 3 aliphatic rings. The molecule has 0 aromatic rings. The molecule has 0 aromatic heterocycles. The molecule has 2 unspecified atom stereocenters. The molecular formula is C14H24N2O2. The van der Waals surface area contributed by atoms with Crippen LogP contribution in [0.5, 0.6) is 0 Å². The minimum absolute atomic E-state index is 0.221. The van der Waals surface area contributed by atoms with Gasteiger partial charge in [0.2, 0.25) is 5.91 Å². The maximum Gasteiger partial charge on any atom is 0.224 e. The van der Waals surface area contributed by atoms with Crippen molar-refractivity contribution < 1.29 is 9.53 Å². The summed E-state index contributed by atoms with van der Waals surface area (Å²) in [5, 5.41) is 3.38. The standard InChI is InChI=1S/C14H24N2O2/c1-10(11-2-3-11)16(13-4-5-13)14(17)8-12-9-18-7-6-15-12/h10-13,15H,2-9H2,1H3. The molecule has 1 N–H and O–H groups in total. The van der Waals surface area contributed by atoms with E-state index in [-0.39, 0.29) is 6.04 Å². The number of carbonyl (C=O) groups is 1. The summed E-state index contributed by atoms with van der Waals surface area (Å²) in [5.41, 5.74) is 0. The summed E-state index contributed by atoms with van der Waals surface area (Å²) in [4.78, 5) is 14.7. The van der Waals surface area contributed by atoms with E-state index in [2.05, 4.69) is 17.1 Å². The quantitative estimate of drug-likeness (QED) is 0.798. The Morgan fingerprint density at radius 3 is 2.72 bits per heavy atom. The van der Waals surface area contributed by atoms with Crippen molar-refractivity contribution in [2.24, 2.45) is 5.92 Å². The first kappa shape index (κ1) is 12.4. The molecule has 3 rings (SSSR count). The predicted molar refractivity (Wildman–Crippen MR) is 69.3 cm³/mol. The van der Waals surface area contributed by atoms with Crippen LogP contribution in [0.4, 0.5) is 0 Å². The molecule has 1 amide bonds. The van der Waals surface area contributed by atoms with E-state index in [1.54, 1.807) is 0 Å². The lowest BCUT2D eigenvalue weighted by Gasteiger charge is -2.32. The lowest BCUT2D eigenvalue weighted by Crippen LogP contribution is -2.48. The lowest BCUT2D eigenvalue weighted by atomic mass is 10.1. The molecule has 2 saturated carbocycles. The summed E-state index contributed by atoms with van der Waals surface area (Å²) >= 11 is 0. The molecule has 2 atom stereocenters. The number of amides is 1. The highest BCUT2D eigenvalue weighted by Gasteiger charge is 2.41. The normalized spacial score (nSPS) is 29.9. The summed E-state index contributed by atoms with van der Waals surface area (Å²) in [6.45, 7) is 4.57. The molecule has 4 nitrogen and oxygen atoms in total. The van der Waals surface area contributed by atoms with Gasteiger partial charge < -0.3 is 15.0 Å². The van der Waals surface area contributed by atoms with Crippen LogP contribution in [0.25, 0.3) is 0 Å². The van der Waals surface area contributed by atoms with Crippen LogP contribution in [0.1, 0.15) is 39.0 Å². The SMILES string of the molecule is CC(C1CC1)N(C(=O)CC1COCCN1)C1CC1. The van der Waals surface area contributed by atoms with Crippen molar-refractivity contribution in [1.29, 1.82) is 0 Å². The zero-order valence-corrected chi connectivity index (χ0v) is 11.2. The number of morpholine rings is 1. The second-order valence-electron chi connectivity index (χ2n) is 6.04. The van der Waals surface area contributed by atoms with E-state index < -0.39 is 0 Å². The van der Waals surface area contributed by atoms with Crippen LogP contribution in [-0.2, 0) is 9.53 Å². The van der Waals surface area contributed by atoms with Gasteiger partial charge in [-0.2, -0.15) is 0 Å². The number of hydrogen-bond acceptors (Lipinski definition) is 3. The molecular weight excluding hydrogens is 228 g/mol. The molecule has 2 aliphatic carbocycles. The highest BCUT2D eigenvalue weighted by molar-refractivity contribution is 5.78. The van der Waals surface area contributed by atoms with Gasteiger partial charge in [0.1, 0.15) is 0 Å². The summed E-state index contributed by atoms with van der Waals surface area (Å²) in [6, 6.07) is 1.21. The Kier molecular flexibility index (Phi) is 3.57. The Morgan fingerprint density at radius 1 is 1.39 bits per heavy atom. The van der Waals surface area contributed by atoms with Crippen LogP contribution in [0, 0.1) is 5.92 Å². The number of nitrogens with zero attached hydrogens (tertiary/aromatic N) is 1. The average Bonchev–Trinajstić information content (AvgIpc) is 3.24. The third-order valence-electron chi connectivity index (χ3n) is 4.39. The first-order valence-corrected chi connectivity index (χ1v) is 7.38. The van der Waals surface area contributed by atoms with Crippen LogP contribution in [-0.4, -0.2) is 48.7 Å². The van der Waals surface area contributed by atoms with Crippen LogP contribution in [0.3, 0.4) is 0 Å². The predicted octanol–water partition coefficient (Wildman–Crippen LogP) is 1.15. The minimum atomic E-state index is 0.221. The van der Waals surface area contributed by atoms with Gasteiger partial charge in [0.25, 0.3) is 0 Å². The van der Waals surface area contributed by atoms with Crippen LogP contribution in [0.2, 0.25) is 0 Å². The van der Waals surface area contributed by atoms with Crippen LogP contribution >= 0.6 is 0 Å². The van der Waals surface area contributed by atoms with Gasteiger partial charge in [-0.05, 0) is 38.5 Å². The maximum absolute atomic E-state index is 12.5. The fourth-order valence-electron chi connectivity index (χ4n) is 2.99. The third-order valence-corrected chi connectivity index (χ3v) is 4.39. The first-order valence-electron chi connectivity index (χ1n) is 7.38. The van der Waals surface area contributed by atoms with Crippen LogP contribution in [0.15, 0.2) is 0 Å². The molecule has 0 radical (unpaired) electrons. The number of ether oxygens (including phenoxy) is 1. The zero-order chi connectivity index (χ0) is 12.5.